The molecule has 1 aromatic heterocycles. The lowest BCUT2D eigenvalue weighted by Gasteiger charge is -2.25. The molecule has 1 N–H and O–H groups in total. The van der Waals surface area contributed by atoms with Gasteiger partial charge in [-0.25, -0.2) is 4.98 Å². The molecule has 0 saturated carbocycles. The van der Waals surface area contributed by atoms with Crippen LogP contribution in [0.25, 0.3) is 0 Å². The molecule has 0 amide bonds. The molecule has 0 radical (unpaired) electrons. The van der Waals surface area contributed by atoms with E-state index in [1.54, 1.807) is 36.4 Å². The van der Waals surface area contributed by atoms with E-state index in [9.17, 15) is 10.1 Å². The van der Waals surface area contributed by atoms with Gasteiger partial charge >= 0.3 is 11.6 Å². The Morgan fingerprint density at radius 3 is 1.94 bits per heavy atom. The van der Waals surface area contributed by atoms with Crippen LogP contribution in [0.3, 0.4) is 0 Å². The smallest absolute Gasteiger partial charge is 0.374 e. The molecule has 32 heavy (non-hydrogen) atoms. The first-order valence-corrected chi connectivity index (χ1v) is 9.64. The van der Waals surface area contributed by atoms with E-state index < -0.39 is 4.92 Å². The molecule has 0 aliphatic carbocycles. The molecule has 0 saturated heterocycles. The highest BCUT2D eigenvalue weighted by atomic mass is 16.6. The number of nitro groups is 1. The number of aromatic nitrogens is 2. The Labute approximate surface area is 184 Å². The summed E-state index contributed by atoms with van der Waals surface area (Å²) >= 11 is 0. The molecule has 0 fully saturated rings. The van der Waals surface area contributed by atoms with Crippen LogP contribution in [0.5, 0.6) is 17.4 Å². The van der Waals surface area contributed by atoms with Gasteiger partial charge in [-0.3, -0.25) is 20.5 Å². The van der Waals surface area contributed by atoms with Crippen molar-refractivity contribution in [1.82, 2.24) is 9.97 Å². The highest BCUT2D eigenvalue weighted by molar-refractivity contribution is 5.71. The number of anilines is 3. The van der Waals surface area contributed by atoms with Crippen LogP contribution in [0, 0.1) is 10.1 Å². The summed E-state index contributed by atoms with van der Waals surface area (Å²) in [6.07, 6.45) is 1.21. The molecular weight excluding hydrogens is 410 g/mol. The van der Waals surface area contributed by atoms with Gasteiger partial charge in [-0.05, 0) is 48.5 Å². The normalized spacial score (nSPS) is 10.3. The molecule has 4 aromatic rings. The lowest BCUT2D eigenvalue weighted by Crippen LogP contribution is -2.25. The maximum Gasteiger partial charge on any atom is 0.374 e. The van der Waals surface area contributed by atoms with Gasteiger partial charge in [0.2, 0.25) is 5.82 Å². The summed E-state index contributed by atoms with van der Waals surface area (Å²) in [4.78, 5) is 19.5. The van der Waals surface area contributed by atoms with Crippen molar-refractivity contribution < 1.29 is 14.4 Å². The molecule has 0 bridgehead atoms. The van der Waals surface area contributed by atoms with E-state index in [-0.39, 0.29) is 17.4 Å². The highest BCUT2D eigenvalue weighted by Crippen LogP contribution is 2.36. The van der Waals surface area contributed by atoms with Gasteiger partial charge in [0.05, 0.1) is 23.4 Å². The number of para-hydroxylation sites is 2. The summed E-state index contributed by atoms with van der Waals surface area (Å²) < 4.78 is 10.8. The average Bonchev–Trinajstić information content (AvgIpc) is 2.84. The fourth-order valence-corrected chi connectivity index (χ4v) is 2.98. The SMILES string of the molecule is COc1ccc(Oc2ncnc(NN(c3ccccc3)c3ccccc3)c2[N+](=O)[O-])cc1. The first kappa shape index (κ1) is 20.6. The molecule has 4 rings (SSSR count). The second-order valence-corrected chi connectivity index (χ2v) is 6.53. The third-order valence-corrected chi connectivity index (χ3v) is 4.49. The van der Waals surface area contributed by atoms with E-state index in [0.29, 0.717) is 11.5 Å². The van der Waals surface area contributed by atoms with Gasteiger partial charge in [-0.15, -0.1) is 0 Å². The molecular formula is C23H19N5O4. The van der Waals surface area contributed by atoms with Crippen LogP contribution in [0.15, 0.2) is 91.3 Å². The van der Waals surface area contributed by atoms with Crippen LogP contribution in [0.2, 0.25) is 0 Å². The number of nitrogens with one attached hydrogen (secondary N) is 1. The van der Waals surface area contributed by atoms with Gasteiger partial charge < -0.3 is 9.47 Å². The Morgan fingerprint density at radius 1 is 0.844 bits per heavy atom. The summed E-state index contributed by atoms with van der Waals surface area (Å²) in [6.45, 7) is 0. The van der Waals surface area contributed by atoms with Crippen LogP contribution in [-0.4, -0.2) is 22.0 Å². The van der Waals surface area contributed by atoms with Crippen molar-refractivity contribution in [3.63, 3.8) is 0 Å². The average molecular weight is 429 g/mol. The summed E-state index contributed by atoms with van der Waals surface area (Å²) in [5.74, 6) is 0.819. The van der Waals surface area contributed by atoms with Crippen LogP contribution >= 0.6 is 0 Å². The van der Waals surface area contributed by atoms with Crippen molar-refractivity contribution in [2.75, 3.05) is 17.5 Å². The second kappa shape index (κ2) is 9.43. The molecule has 160 valence electrons. The van der Waals surface area contributed by atoms with Crippen LogP contribution in [-0.2, 0) is 0 Å². The minimum atomic E-state index is -0.574. The standard InChI is InChI=1S/C23H19N5O4/c1-31-19-12-14-20(15-13-19)32-23-21(28(29)30)22(24-16-25-23)26-27(17-8-4-2-5-9-17)18-10-6-3-7-11-18/h2-16H,1H3,(H,24,25,26). The minimum absolute atomic E-state index is 0.0128. The van der Waals surface area contributed by atoms with Gasteiger partial charge in [0.15, 0.2) is 0 Å². The quantitative estimate of drug-likeness (QED) is 0.295. The number of hydrogen-bond donors (Lipinski definition) is 1. The third kappa shape index (κ3) is 4.57. The van der Waals surface area contributed by atoms with Gasteiger partial charge in [0.1, 0.15) is 17.8 Å². The Morgan fingerprint density at radius 2 is 1.41 bits per heavy atom. The molecule has 0 aliphatic rings. The molecule has 0 atom stereocenters. The molecule has 0 spiro atoms. The lowest BCUT2D eigenvalue weighted by atomic mass is 10.2. The Bertz CT molecular complexity index is 1150. The number of hydrogen-bond acceptors (Lipinski definition) is 8. The van der Waals surface area contributed by atoms with Gasteiger partial charge in [0, 0.05) is 0 Å². The zero-order valence-electron chi connectivity index (χ0n) is 17.1. The minimum Gasteiger partial charge on any atom is -0.497 e. The van der Waals surface area contributed by atoms with Crippen molar-refractivity contribution in [3.8, 4) is 17.4 Å². The van der Waals surface area contributed by atoms with Gasteiger partial charge in [0.25, 0.3) is 0 Å². The number of ether oxygens (including phenoxy) is 2. The van der Waals surface area contributed by atoms with Crippen LogP contribution < -0.4 is 19.9 Å². The monoisotopic (exact) mass is 429 g/mol. The predicted octanol–water partition coefficient (Wildman–Crippen LogP) is 5.35. The fourth-order valence-electron chi connectivity index (χ4n) is 2.98. The molecule has 9 heteroatoms. The largest absolute Gasteiger partial charge is 0.497 e. The Hall–Kier alpha value is -4.66. The first-order chi connectivity index (χ1) is 15.7. The van der Waals surface area contributed by atoms with Crippen LogP contribution in [0.1, 0.15) is 0 Å². The summed E-state index contributed by atoms with van der Waals surface area (Å²) in [5, 5.41) is 13.7. The van der Waals surface area contributed by atoms with E-state index >= 15 is 0 Å². The molecule has 0 aliphatic heterocycles. The van der Waals surface area contributed by atoms with E-state index in [0.717, 1.165) is 11.4 Å². The summed E-state index contributed by atoms with van der Waals surface area (Å²) in [6, 6.07) is 25.4. The van der Waals surface area contributed by atoms with Crippen molar-refractivity contribution in [1.29, 1.82) is 0 Å². The number of nitrogens with zero attached hydrogens (tertiary/aromatic N) is 4. The fraction of sp³-hybridized carbons (Fsp3) is 0.0435. The van der Waals surface area contributed by atoms with Crippen LogP contribution in [0.4, 0.5) is 22.9 Å². The van der Waals surface area contributed by atoms with E-state index in [1.165, 1.54) is 6.33 Å². The van der Waals surface area contributed by atoms with E-state index in [1.807, 2.05) is 60.7 Å². The second-order valence-electron chi connectivity index (χ2n) is 6.53. The van der Waals surface area contributed by atoms with Crippen molar-refractivity contribution in [3.05, 3.63) is 101 Å². The predicted molar refractivity (Wildman–Crippen MR) is 120 cm³/mol. The molecule has 1 heterocycles. The van der Waals surface area contributed by atoms with E-state index in [2.05, 4.69) is 15.4 Å². The first-order valence-electron chi connectivity index (χ1n) is 9.64. The topological polar surface area (TPSA) is 103 Å². The van der Waals surface area contributed by atoms with Gasteiger partial charge in [-0.2, -0.15) is 4.98 Å². The maximum atomic E-state index is 12.0. The van der Waals surface area contributed by atoms with Crippen molar-refractivity contribution in [2.45, 2.75) is 0 Å². The molecule has 0 unspecified atom stereocenters. The highest BCUT2D eigenvalue weighted by Gasteiger charge is 2.27. The Balaban J connectivity index is 1.71. The molecule has 3 aromatic carbocycles. The summed E-state index contributed by atoms with van der Waals surface area (Å²) in [7, 11) is 1.55. The Kier molecular flexibility index (Phi) is 6.08. The number of methoxy groups -OCH3 is 1. The third-order valence-electron chi connectivity index (χ3n) is 4.49. The maximum absolute atomic E-state index is 12.0. The number of hydrazine groups is 1. The summed E-state index contributed by atoms with van der Waals surface area (Å²) in [5.41, 5.74) is 4.19. The van der Waals surface area contributed by atoms with Crippen molar-refractivity contribution in [2.24, 2.45) is 0 Å². The van der Waals surface area contributed by atoms with Crippen molar-refractivity contribution >= 4 is 22.9 Å². The van der Waals surface area contributed by atoms with E-state index in [4.69, 9.17) is 9.47 Å². The zero-order valence-corrected chi connectivity index (χ0v) is 17.1. The number of rotatable bonds is 8. The molecule has 9 nitrogen and oxygen atoms in total. The van der Waals surface area contributed by atoms with Gasteiger partial charge in [-0.1, -0.05) is 36.4 Å². The zero-order chi connectivity index (χ0) is 22.3. The lowest BCUT2D eigenvalue weighted by molar-refractivity contribution is -0.385. The number of benzene rings is 3.